The third kappa shape index (κ3) is 5.51. The van der Waals surface area contributed by atoms with Gasteiger partial charge < -0.3 is 10.1 Å². The molecule has 128 valence electrons. The van der Waals surface area contributed by atoms with Crippen molar-refractivity contribution in [2.45, 2.75) is 19.8 Å². The molecule has 1 N–H and O–H groups in total. The maximum atomic E-state index is 11.9. The molecule has 1 amide bonds. The summed E-state index contributed by atoms with van der Waals surface area (Å²) in [6.45, 7) is 3.54. The van der Waals surface area contributed by atoms with Crippen LogP contribution in [0.4, 0.5) is 0 Å². The molecule has 1 aliphatic rings. The fraction of sp³-hybridized carbons (Fsp3) is 0.562. The molecule has 0 aromatic heterocycles. The van der Waals surface area contributed by atoms with E-state index in [1.165, 1.54) is 10.6 Å². The largest absolute Gasteiger partial charge is 0.484 e. The van der Waals surface area contributed by atoms with Crippen LogP contribution in [0.5, 0.6) is 5.75 Å². The van der Waals surface area contributed by atoms with Gasteiger partial charge in [0, 0.05) is 19.6 Å². The van der Waals surface area contributed by atoms with Gasteiger partial charge in [-0.25, -0.2) is 12.7 Å². The van der Waals surface area contributed by atoms with E-state index in [-0.39, 0.29) is 12.5 Å². The van der Waals surface area contributed by atoms with Crippen LogP contribution in [0.25, 0.3) is 0 Å². The highest BCUT2D eigenvalue weighted by Crippen LogP contribution is 2.18. The fourth-order valence-electron chi connectivity index (χ4n) is 2.62. The van der Waals surface area contributed by atoms with Crippen molar-refractivity contribution >= 4 is 15.9 Å². The zero-order chi connectivity index (χ0) is 16.9. The Morgan fingerprint density at radius 2 is 1.96 bits per heavy atom. The van der Waals surface area contributed by atoms with Crippen LogP contribution in [0.15, 0.2) is 24.3 Å². The normalized spacial score (nSPS) is 17.0. The standard InChI is InChI=1S/C16H24N2O4S/c1-13-5-3-4-6-15(13)22-12-16(19)17-11-14-7-9-18(10-8-14)23(2,20)21/h3-6,14H,7-12H2,1-2H3,(H,17,19). The highest BCUT2D eigenvalue weighted by atomic mass is 32.2. The predicted octanol–water partition coefficient (Wildman–Crippen LogP) is 1.16. The van der Waals surface area contributed by atoms with Gasteiger partial charge in [-0.15, -0.1) is 0 Å². The number of carbonyl (C=O) groups is 1. The van der Waals surface area contributed by atoms with E-state index in [9.17, 15) is 13.2 Å². The number of piperidine rings is 1. The number of rotatable bonds is 6. The summed E-state index contributed by atoms with van der Waals surface area (Å²) in [5, 5.41) is 2.86. The van der Waals surface area contributed by atoms with Crippen LogP contribution in [-0.4, -0.2) is 51.1 Å². The summed E-state index contributed by atoms with van der Waals surface area (Å²) < 4.78 is 29.9. The summed E-state index contributed by atoms with van der Waals surface area (Å²) in [6.07, 6.45) is 2.77. The molecule has 1 saturated heterocycles. The van der Waals surface area contributed by atoms with E-state index in [2.05, 4.69) is 5.32 Å². The van der Waals surface area contributed by atoms with E-state index in [4.69, 9.17) is 4.74 Å². The van der Waals surface area contributed by atoms with Gasteiger partial charge in [-0.1, -0.05) is 18.2 Å². The van der Waals surface area contributed by atoms with Crippen molar-refractivity contribution in [3.05, 3.63) is 29.8 Å². The Labute approximate surface area is 137 Å². The van der Waals surface area contributed by atoms with Gasteiger partial charge in [0.1, 0.15) is 5.75 Å². The molecule has 0 atom stereocenters. The summed E-state index contributed by atoms with van der Waals surface area (Å²) in [5.74, 6) is 0.873. The number of carbonyl (C=O) groups excluding carboxylic acids is 1. The third-order valence-corrected chi connectivity index (χ3v) is 5.39. The SMILES string of the molecule is Cc1ccccc1OCC(=O)NCC1CCN(S(C)(=O)=O)CC1. The van der Waals surface area contributed by atoms with Gasteiger partial charge in [-0.2, -0.15) is 0 Å². The lowest BCUT2D eigenvalue weighted by molar-refractivity contribution is -0.123. The van der Waals surface area contributed by atoms with Crippen molar-refractivity contribution in [1.29, 1.82) is 0 Å². The van der Waals surface area contributed by atoms with Gasteiger partial charge >= 0.3 is 0 Å². The average Bonchev–Trinajstić information content (AvgIpc) is 2.51. The zero-order valence-electron chi connectivity index (χ0n) is 13.6. The van der Waals surface area contributed by atoms with Gasteiger partial charge in [0.15, 0.2) is 6.61 Å². The molecule has 0 bridgehead atoms. The first-order valence-corrected chi connectivity index (χ1v) is 9.61. The number of hydrogen-bond acceptors (Lipinski definition) is 4. The molecule has 0 unspecified atom stereocenters. The second-order valence-corrected chi connectivity index (χ2v) is 7.95. The minimum atomic E-state index is -3.10. The van der Waals surface area contributed by atoms with Crippen molar-refractivity contribution in [2.75, 3.05) is 32.5 Å². The molecular weight excluding hydrogens is 316 g/mol. The Hall–Kier alpha value is -1.60. The highest BCUT2D eigenvalue weighted by Gasteiger charge is 2.24. The van der Waals surface area contributed by atoms with Crippen LogP contribution in [0, 0.1) is 12.8 Å². The van der Waals surface area contributed by atoms with Crippen molar-refractivity contribution in [2.24, 2.45) is 5.92 Å². The first-order valence-electron chi connectivity index (χ1n) is 7.76. The van der Waals surface area contributed by atoms with Crippen molar-refractivity contribution in [3.63, 3.8) is 0 Å². The van der Waals surface area contributed by atoms with E-state index in [1.54, 1.807) is 0 Å². The molecular formula is C16H24N2O4S. The molecule has 1 aromatic rings. The topological polar surface area (TPSA) is 75.7 Å². The van der Waals surface area contributed by atoms with E-state index in [0.717, 1.165) is 18.4 Å². The zero-order valence-corrected chi connectivity index (χ0v) is 14.4. The predicted molar refractivity (Wildman–Crippen MR) is 88.8 cm³/mol. The number of sulfonamides is 1. The number of nitrogens with zero attached hydrogens (tertiary/aromatic N) is 1. The van der Waals surface area contributed by atoms with Crippen molar-refractivity contribution in [3.8, 4) is 5.75 Å². The number of nitrogens with one attached hydrogen (secondary N) is 1. The Morgan fingerprint density at radius 1 is 1.30 bits per heavy atom. The van der Waals surface area contributed by atoms with E-state index >= 15 is 0 Å². The maximum Gasteiger partial charge on any atom is 0.257 e. The minimum absolute atomic E-state index is 0.00691. The lowest BCUT2D eigenvalue weighted by Crippen LogP contribution is -2.41. The van der Waals surface area contributed by atoms with Crippen LogP contribution in [0.1, 0.15) is 18.4 Å². The summed E-state index contributed by atoms with van der Waals surface area (Å²) in [4.78, 5) is 11.9. The molecule has 0 radical (unpaired) electrons. The molecule has 0 spiro atoms. The van der Waals surface area contributed by atoms with E-state index in [1.807, 2.05) is 31.2 Å². The maximum absolute atomic E-state index is 11.9. The molecule has 1 heterocycles. The number of amides is 1. The fourth-order valence-corrected chi connectivity index (χ4v) is 3.49. The van der Waals surface area contributed by atoms with Gasteiger partial charge in [0.2, 0.25) is 10.0 Å². The molecule has 23 heavy (non-hydrogen) atoms. The minimum Gasteiger partial charge on any atom is -0.484 e. The Morgan fingerprint density at radius 3 is 2.57 bits per heavy atom. The van der Waals surface area contributed by atoms with E-state index in [0.29, 0.717) is 31.3 Å². The number of ether oxygens (including phenoxy) is 1. The molecule has 6 nitrogen and oxygen atoms in total. The highest BCUT2D eigenvalue weighted by molar-refractivity contribution is 7.88. The quantitative estimate of drug-likeness (QED) is 0.843. The first-order chi connectivity index (χ1) is 10.9. The van der Waals surface area contributed by atoms with Crippen LogP contribution in [0.2, 0.25) is 0 Å². The molecule has 0 aliphatic carbocycles. The van der Waals surface area contributed by atoms with Crippen LogP contribution >= 0.6 is 0 Å². The van der Waals surface area contributed by atoms with E-state index < -0.39 is 10.0 Å². The monoisotopic (exact) mass is 340 g/mol. The summed E-state index contributed by atoms with van der Waals surface area (Å²) in [7, 11) is -3.10. The smallest absolute Gasteiger partial charge is 0.257 e. The van der Waals surface area contributed by atoms with Crippen molar-refractivity contribution in [1.82, 2.24) is 9.62 Å². The summed E-state index contributed by atoms with van der Waals surface area (Å²) in [6, 6.07) is 7.56. The molecule has 0 saturated carbocycles. The number of para-hydroxylation sites is 1. The molecule has 7 heteroatoms. The van der Waals surface area contributed by atoms with Crippen molar-refractivity contribution < 1.29 is 17.9 Å². The average molecular weight is 340 g/mol. The van der Waals surface area contributed by atoms with Crippen LogP contribution < -0.4 is 10.1 Å². The molecule has 1 aromatic carbocycles. The van der Waals surface area contributed by atoms with Gasteiger partial charge in [-0.05, 0) is 37.3 Å². The second kappa shape index (κ2) is 7.79. The van der Waals surface area contributed by atoms with Gasteiger partial charge in [-0.3, -0.25) is 4.79 Å². The Bertz CT molecular complexity index is 637. The van der Waals surface area contributed by atoms with Crippen LogP contribution in [0.3, 0.4) is 0 Å². The molecule has 1 aliphatic heterocycles. The number of benzene rings is 1. The van der Waals surface area contributed by atoms with Gasteiger partial charge in [0.05, 0.1) is 6.26 Å². The summed E-state index contributed by atoms with van der Waals surface area (Å²) in [5.41, 5.74) is 0.994. The van der Waals surface area contributed by atoms with Crippen LogP contribution in [-0.2, 0) is 14.8 Å². The molecule has 2 rings (SSSR count). The third-order valence-electron chi connectivity index (χ3n) is 4.08. The second-order valence-electron chi connectivity index (χ2n) is 5.96. The number of aryl methyl sites for hydroxylation is 1. The van der Waals surface area contributed by atoms with Gasteiger partial charge in [0.25, 0.3) is 5.91 Å². The Balaban J connectivity index is 1.69. The lowest BCUT2D eigenvalue weighted by atomic mass is 9.98. The Kier molecular flexibility index (Phi) is 6.01. The summed E-state index contributed by atoms with van der Waals surface area (Å²) >= 11 is 0. The number of hydrogen-bond donors (Lipinski definition) is 1. The first kappa shape index (κ1) is 17.7. The lowest BCUT2D eigenvalue weighted by Gasteiger charge is -2.30. The molecule has 1 fully saturated rings.